The molecule has 258 valence electrons. The molecule has 0 aliphatic carbocycles. The van der Waals surface area contributed by atoms with Crippen molar-refractivity contribution in [2.45, 2.75) is 31.5 Å². The molecule has 0 saturated carbocycles. The van der Waals surface area contributed by atoms with E-state index in [1.807, 2.05) is 0 Å². The lowest BCUT2D eigenvalue weighted by atomic mass is 9.84. The number of benzene rings is 2. The van der Waals surface area contributed by atoms with Crippen LogP contribution >= 0.6 is 0 Å². The van der Waals surface area contributed by atoms with Crippen LogP contribution in [0.25, 0.3) is 0 Å². The first kappa shape index (κ1) is 38.3. The van der Waals surface area contributed by atoms with Crippen LogP contribution in [0.1, 0.15) is 51.6 Å². The van der Waals surface area contributed by atoms with Crippen LogP contribution in [-0.2, 0) is 19.2 Å². The molecular formula is C29H33F3N8O8. The number of nitrogens with two attached hydrogens (primary N) is 2. The summed E-state index contributed by atoms with van der Waals surface area (Å²) in [4.78, 5) is 73.7. The van der Waals surface area contributed by atoms with Crippen molar-refractivity contribution >= 4 is 47.1 Å². The Hall–Kier alpha value is -5.85. The number of carboxylic acid groups (broad SMARTS) is 2. The van der Waals surface area contributed by atoms with E-state index in [-0.39, 0.29) is 49.7 Å². The van der Waals surface area contributed by atoms with Gasteiger partial charge < -0.3 is 31.9 Å². The number of Topliss-reactive ketones (excluding diaryl/α,β-unsaturated/α-hetero) is 1. The molecule has 0 spiro atoms. The molecule has 16 nitrogen and oxygen atoms in total. The van der Waals surface area contributed by atoms with Crippen molar-refractivity contribution in [2.75, 3.05) is 26.2 Å². The Morgan fingerprint density at radius 3 is 1.69 bits per heavy atom. The summed E-state index contributed by atoms with van der Waals surface area (Å²) < 4.78 is 31.7. The number of nitrogens with one attached hydrogen (secondary N) is 4. The first-order chi connectivity index (χ1) is 22.3. The second-order valence-corrected chi connectivity index (χ2v) is 10.3. The van der Waals surface area contributed by atoms with E-state index in [9.17, 15) is 42.3 Å². The zero-order valence-corrected chi connectivity index (χ0v) is 25.4. The number of alkyl halides is 3. The number of hydrogen-bond donors (Lipinski definition) is 8. The highest BCUT2D eigenvalue weighted by Crippen LogP contribution is 2.28. The van der Waals surface area contributed by atoms with E-state index in [1.165, 1.54) is 60.5 Å². The number of carbonyl (C=O) groups excluding carboxylic acids is 4. The van der Waals surface area contributed by atoms with E-state index in [1.54, 1.807) is 0 Å². The van der Waals surface area contributed by atoms with Crippen LogP contribution < -0.4 is 22.2 Å². The number of aliphatic carboxylic acids is 2. The molecule has 48 heavy (non-hydrogen) atoms. The third-order valence-corrected chi connectivity index (χ3v) is 7.00. The van der Waals surface area contributed by atoms with Crippen molar-refractivity contribution < 1.29 is 52.2 Å². The van der Waals surface area contributed by atoms with Gasteiger partial charge in [-0.25, -0.2) is 4.79 Å². The Balaban J connectivity index is 0.00000103. The molecule has 2 aromatic carbocycles. The number of nitrogen functional groups attached to an aromatic ring is 2. The number of hydrazine groups is 1. The Kier molecular flexibility index (Phi) is 12.9. The third kappa shape index (κ3) is 9.82. The van der Waals surface area contributed by atoms with Gasteiger partial charge in [-0.05, 0) is 44.0 Å². The second-order valence-electron chi connectivity index (χ2n) is 10.3. The van der Waals surface area contributed by atoms with E-state index in [4.69, 9.17) is 32.2 Å². The first-order valence-corrected chi connectivity index (χ1v) is 13.9. The highest BCUT2D eigenvalue weighted by atomic mass is 19.4. The van der Waals surface area contributed by atoms with Crippen molar-refractivity contribution in [3.8, 4) is 0 Å². The molecule has 1 fully saturated rings. The molecule has 0 radical (unpaired) electrons. The second kappa shape index (κ2) is 16.1. The lowest BCUT2D eigenvalue weighted by Gasteiger charge is -2.47. The van der Waals surface area contributed by atoms with Gasteiger partial charge in [0.05, 0.1) is 0 Å². The minimum absolute atomic E-state index is 0.0231. The predicted octanol–water partition coefficient (Wildman–Crippen LogP) is 0.300. The van der Waals surface area contributed by atoms with Crippen molar-refractivity contribution in [3.63, 3.8) is 0 Å². The highest BCUT2D eigenvalue weighted by Gasteiger charge is 2.53. The number of carboxylic acids is 2. The smallest absolute Gasteiger partial charge is 0.480 e. The van der Waals surface area contributed by atoms with Crippen LogP contribution in [-0.4, -0.2) is 105 Å². The number of amides is 3. The van der Waals surface area contributed by atoms with Crippen molar-refractivity contribution in [2.24, 2.45) is 11.5 Å². The summed E-state index contributed by atoms with van der Waals surface area (Å²) in [5.74, 6) is -6.72. The van der Waals surface area contributed by atoms with Gasteiger partial charge in [0.2, 0.25) is 0 Å². The van der Waals surface area contributed by atoms with Gasteiger partial charge in [0.1, 0.15) is 18.2 Å². The van der Waals surface area contributed by atoms with Crippen LogP contribution in [0.4, 0.5) is 13.2 Å². The van der Waals surface area contributed by atoms with Crippen LogP contribution in [0.3, 0.4) is 0 Å². The lowest BCUT2D eigenvalue weighted by Crippen LogP contribution is -2.73. The molecule has 1 aliphatic rings. The zero-order valence-electron chi connectivity index (χ0n) is 25.4. The number of hydrogen-bond acceptors (Lipinski definition) is 9. The van der Waals surface area contributed by atoms with Crippen LogP contribution in [0.2, 0.25) is 0 Å². The quantitative estimate of drug-likeness (QED) is 0.0654. The SMILES string of the molecule is CC(=O)[C@]1(CCCNC(=O)c2ccc(C(=N)N)cc2)C(=O)N(CC(=O)O)CCN1NC(=O)c1ccc(C(=N)N)cc1.O=C(O)C(F)(F)F. The van der Waals surface area contributed by atoms with Crippen molar-refractivity contribution in [1.82, 2.24) is 20.7 Å². The zero-order chi connectivity index (χ0) is 36.4. The minimum atomic E-state index is -5.08. The molecule has 1 atom stereocenters. The number of piperazine rings is 1. The van der Waals surface area contributed by atoms with Gasteiger partial charge in [-0.2, -0.15) is 18.2 Å². The fraction of sp³-hybridized carbons (Fsp3) is 0.310. The summed E-state index contributed by atoms with van der Waals surface area (Å²) in [6.45, 7) is 0.581. The first-order valence-electron chi connectivity index (χ1n) is 13.9. The van der Waals surface area contributed by atoms with E-state index in [0.29, 0.717) is 16.7 Å². The summed E-state index contributed by atoms with van der Waals surface area (Å²) in [5, 5.41) is 35.3. The molecule has 2 aromatic rings. The van der Waals surface area contributed by atoms with Gasteiger partial charge in [0.15, 0.2) is 11.3 Å². The van der Waals surface area contributed by atoms with Gasteiger partial charge in [-0.15, -0.1) is 0 Å². The molecule has 3 amide bonds. The molecule has 0 aromatic heterocycles. The summed E-state index contributed by atoms with van der Waals surface area (Å²) in [5.41, 5.74) is 13.0. The van der Waals surface area contributed by atoms with E-state index < -0.39 is 53.7 Å². The van der Waals surface area contributed by atoms with E-state index in [2.05, 4.69) is 10.7 Å². The molecule has 0 unspecified atom stereocenters. The van der Waals surface area contributed by atoms with Crippen molar-refractivity contribution in [1.29, 1.82) is 10.8 Å². The maximum Gasteiger partial charge on any atom is 0.490 e. The number of carbonyl (C=O) groups is 6. The molecule has 1 saturated heterocycles. The number of halogens is 3. The summed E-state index contributed by atoms with van der Waals surface area (Å²) in [7, 11) is 0. The van der Waals surface area contributed by atoms with Crippen LogP contribution in [0.5, 0.6) is 0 Å². The number of nitrogens with zero attached hydrogens (tertiary/aromatic N) is 2. The number of rotatable bonds is 12. The molecule has 10 N–H and O–H groups in total. The Bertz CT molecular complexity index is 1580. The van der Waals surface area contributed by atoms with E-state index in [0.717, 1.165) is 4.90 Å². The summed E-state index contributed by atoms with van der Waals surface area (Å²) >= 11 is 0. The van der Waals surface area contributed by atoms with Gasteiger partial charge >= 0.3 is 18.1 Å². The van der Waals surface area contributed by atoms with Gasteiger partial charge in [0.25, 0.3) is 17.7 Å². The van der Waals surface area contributed by atoms with Crippen LogP contribution in [0.15, 0.2) is 48.5 Å². The molecule has 1 heterocycles. The standard InChI is InChI=1S/C27H32N8O6.C2HF3O2/c1-16(36)27(11-2-12-32-24(39)19-7-3-17(4-8-19)22(28)29)26(41)34(15-21(37)38)13-14-35(27)33-25(40)20-9-5-18(6-10-20)23(30)31;3-2(4,5)1(6)7/h3-10H,2,11-15H2,1H3,(H3,28,29)(H3,30,31)(H,32,39)(H,33,40)(H,37,38);(H,6,7)/t27-;/m1./s1. The predicted molar refractivity (Wildman–Crippen MR) is 162 cm³/mol. The monoisotopic (exact) mass is 678 g/mol. The largest absolute Gasteiger partial charge is 0.490 e. The average Bonchev–Trinajstić information content (AvgIpc) is 3.01. The average molecular weight is 679 g/mol. The third-order valence-electron chi connectivity index (χ3n) is 7.00. The van der Waals surface area contributed by atoms with Gasteiger partial charge in [0, 0.05) is 41.9 Å². The fourth-order valence-electron chi connectivity index (χ4n) is 4.55. The normalized spacial score (nSPS) is 16.2. The summed E-state index contributed by atoms with van der Waals surface area (Å²) in [6.07, 6.45) is -5.06. The molecular weight excluding hydrogens is 645 g/mol. The minimum Gasteiger partial charge on any atom is -0.480 e. The Morgan fingerprint density at radius 1 is 0.854 bits per heavy atom. The van der Waals surface area contributed by atoms with E-state index >= 15 is 0 Å². The fourth-order valence-corrected chi connectivity index (χ4v) is 4.55. The maximum atomic E-state index is 13.6. The molecule has 3 rings (SSSR count). The van der Waals surface area contributed by atoms with Gasteiger partial charge in [-0.3, -0.25) is 40.2 Å². The lowest BCUT2D eigenvalue weighted by molar-refractivity contribution is -0.192. The highest BCUT2D eigenvalue weighted by molar-refractivity contribution is 6.11. The number of ketones is 1. The molecule has 0 bridgehead atoms. The molecule has 1 aliphatic heterocycles. The Labute approximate surface area is 270 Å². The molecule has 19 heteroatoms. The number of amidine groups is 2. The van der Waals surface area contributed by atoms with Gasteiger partial charge in [-0.1, -0.05) is 24.3 Å². The van der Waals surface area contributed by atoms with Crippen molar-refractivity contribution in [3.05, 3.63) is 70.8 Å². The summed E-state index contributed by atoms with van der Waals surface area (Å²) in [6, 6.07) is 12.0. The Morgan fingerprint density at radius 2 is 1.29 bits per heavy atom. The van der Waals surface area contributed by atoms with Crippen LogP contribution in [0, 0.1) is 10.8 Å². The maximum absolute atomic E-state index is 13.6. The topological polar surface area (TPSA) is 273 Å².